The van der Waals surface area contributed by atoms with Crippen molar-refractivity contribution in [3.63, 3.8) is 0 Å². The molecule has 3 amide bonds. The molecule has 0 aliphatic carbocycles. The number of ether oxygens (including phenoxy) is 2. The Kier molecular flexibility index (Phi) is 21.1. The number of carbonyl (C=O) groups is 3. The summed E-state index contributed by atoms with van der Waals surface area (Å²) in [5, 5.41) is 3.42. The van der Waals surface area contributed by atoms with Crippen LogP contribution < -0.4 is 5.32 Å². The molecule has 0 spiro atoms. The van der Waals surface area contributed by atoms with Crippen LogP contribution in [0.2, 0.25) is 0 Å². The van der Waals surface area contributed by atoms with Crippen molar-refractivity contribution in [2.45, 2.75) is 27.2 Å². The predicted molar refractivity (Wildman–Crippen MR) is 172 cm³/mol. The van der Waals surface area contributed by atoms with E-state index < -0.39 is 17.5 Å². The molecular formula is C34H47F2N3O6. The number of hydrogen-bond acceptors (Lipinski definition) is 6. The molecule has 11 heteroatoms. The van der Waals surface area contributed by atoms with E-state index in [0.717, 1.165) is 29.2 Å². The maximum absolute atomic E-state index is 13.3. The van der Waals surface area contributed by atoms with Crippen LogP contribution in [0.1, 0.15) is 43.0 Å². The number of nitrogens with zero attached hydrogens (tertiary/aromatic N) is 2. The first-order chi connectivity index (χ1) is 21.3. The number of halogens is 2. The van der Waals surface area contributed by atoms with Gasteiger partial charge in [0.05, 0.1) is 31.5 Å². The van der Waals surface area contributed by atoms with Gasteiger partial charge in [-0.2, -0.15) is 0 Å². The van der Waals surface area contributed by atoms with E-state index in [1.165, 1.54) is 54.4 Å². The molecule has 3 aromatic carbocycles. The largest absolute Gasteiger partial charge is 0.384 e. The van der Waals surface area contributed by atoms with E-state index in [9.17, 15) is 23.2 Å². The van der Waals surface area contributed by atoms with Crippen LogP contribution in [0.5, 0.6) is 0 Å². The van der Waals surface area contributed by atoms with Gasteiger partial charge in [-0.3, -0.25) is 19.2 Å². The first kappa shape index (κ1) is 40.8. The van der Waals surface area contributed by atoms with Crippen molar-refractivity contribution in [1.29, 1.82) is 0 Å². The van der Waals surface area contributed by atoms with Crippen molar-refractivity contribution >= 4 is 18.2 Å². The fourth-order valence-corrected chi connectivity index (χ4v) is 3.28. The van der Waals surface area contributed by atoms with Crippen molar-refractivity contribution in [1.82, 2.24) is 15.3 Å². The number of rotatable bonds is 10. The molecule has 0 heterocycles. The van der Waals surface area contributed by atoms with Crippen LogP contribution in [0.25, 0.3) is 0 Å². The minimum Gasteiger partial charge on any atom is -0.384 e. The van der Waals surface area contributed by atoms with Crippen LogP contribution in [0.4, 0.5) is 8.78 Å². The zero-order valence-corrected chi connectivity index (χ0v) is 27.8. The fraction of sp³-hybridized carbons (Fsp3) is 0.382. The van der Waals surface area contributed by atoms with E-state index in [-0.39, 0.29) is 17.0 Å². The molecule has 0 aromatic heterocycles. The molecule has 9 nitrogen and oxygen atoms in total. The summed E-state index contributed by atoms with van der Waals surface area (Å²) in [5.74, 6) is -1.79. The molecular weight excluding hydrogens is 584 g/mol. The molecule has 248 valence electrons. The summed E-state index contributed by atoms with van der Waals surface area (Å²) in [6.45, 7) is 7.63. The van der Waals surface area contributed by atoms with Crippen molar-refractivity contribution in [3.05, 3.63) is 106 Å². The van der Waals surface area contributed by atoms with Gasteiger partial charge >= 0.3 is 0 Å². The van der Waals surface area contributed by atoms with Crippen LogP contribution in [-0.4, -0.2) is 90.4 Å². The molecule has 3 rings (SSSR count). The summed E-state index contributed by atoms with van der Waals surface area (Å²) in [6.07, 6.45) is 1.66. The van der Waals surface area contributed by atoms with Crippen LogP contribution in [0.3, 0.4) is 0 Å². The third-order valence-electron chi connectivity index (χ3n) is 5.93. The van der Waals surface area contributed by atoms with Gasteiger partial charge < -0.3 is 19.7 Å². The molecule has 0 radical (unpaired) electrons. The van der Waals surface area contributed by atoms with Crippen molar-refractivity contribution in [3.8, 4) is 0 Å². The number of hydroxylamine groups is 2. The van der Waals surface area contributed by atoms with Crippen LogP contribution >= 0.6 is 0 Å². The third kappa shape index (κ3) is 17.0. The number of hydrogen-bond donors (Lipinski definition) is 1. The SMILES string of the molecule is COCCNC=O.COCCc1ccc(C)cc1.CON(C)C(=O)c1ccc(C)cc1F.Cc1ccc(C(=O)N(C)C)c(F)c1. The summed E-state index contributed by atoms with van der Waals surface area (Å²) >= 11 is 0. The average Bonchev–Trinajstić information content (AvgIpc) is 3.01. The summed E-state index contributed by atoms with van der Waals surface area (Å²) < 4.78 is 36.1. The number of methoxy groups -OCH3 is 2. The molecule has 0 saturated carbocycles. The number of carbonyl (C=O) groups excluding carboxylic acids is 3. The standard InChI is InChI=1S/C10H12FNO2.C10H12FNO.C10H14O.C4H9NO2/c1-7-4-5-8(9(11)6-7)10(13)12(2)14-3;1-7-4-5-8(9(11)6-7)10(13)12(2)3;1-9-3-5-10(6-4-9)7-8-11-2;1-7-3-2-5-4-6/h4-6H,1-3H3;4-6H,1-3H3;3-6H,7-8H2,1-2H3;4H,2-3H2,1H3,(H,5,6). The van der Waals surface area contributed by atoms with E-state index in [2.05, 4.69) is 46.1 Å². The zero-order chi connectivity index (χ0) is 34.4. The van der Waals surface area contributed by atoms with Crippen molar-refractivity contribution in [2.24, 2.45) is 0 Å². The van der Waals surface area contributed by atoms with Crippen LogP contribution in [-0.2, 0) is 25.5 Å². The second-order valence-electron chi connectivity index (χ2n) is 9.94. The lowest BCUT2D eigenvalue weighted by molar-refractivity contribution is -0.109. The van der Waals surface area contributed by atoms with Gasteiger partial charge in [0.15, 0.2) is 0 Å². The number of nitrogens with one attached hydrogen (secondary N) is 1. The Balaban J connectivity index is 0.000000589. The Labute approximate surface area is 266 Å². The van der Waals surface area contributed by atoms with Gasteiger partial charge in [-0.25, -0.2) is 13.8 Å². The second kappa shape index (κ2) is 23.2. The molecule has 0 saturated heterocycles. The number of aryl methyl sites for hydroxylation is 3. The topological polar surface area (TPSA) is 97.4 Å². The van der Waals surface area contributed by atoms with Crippen LogP contribution in [0, 0.1) is 32.4 Å². The lowest BCUT2D eigenvalue weighted by Crippen LogP contribution is -2.26. The summed E-state index contributed by atoms with van der Waals surface area (Å²) in [4.78, 5) is 38.4. The highest BCUT2D eigenvalue weighted by molar-refractivity contribution is 5.94. The van der Waals surface area contributed by atoms with E-state index in [4.69, 9.17) is 4.74 Å². The molecule has 45 heavy (non-hydrogen) atoms. The molecule has 0 fully saturated rings. The van der Waals surface area contributed by atoms with E-state index in [0.29, 0.717) is 19.6 Å². The maximum atomic E-state index is 13.3. The average molecular weight is 632 g/mol. The molecule has 0 unspecified atom stereocenters. The Morgan fingerprint density at radius 2 is 1.20 bits per heavy atom. The molecule has 0 aliphatic heterocycles. The Morgan fingerprint density at radius 3 is 1.60 bits per heavy atom. The zero-order valence-electron chi connectivity index (χ0n) is 27.8. The normalized spacial score (nSPS) is 9.67. The first-order valence-corrected chi connectivity index (χ1v) is 14.1. The first-order valence-electron chi connectivity index (χ1n) is 14.1. The van der Waals surface area contributed by atoms with E-state index >= 15 is 0 Å². The molecule has 3 aromatic rings. The van der Waals surface area contributed by atoms with E-state index in [1.54, 1.807) is 54.3 Å². The van der Waals surface area contributed by atoms with Gasteiger partial charge in [0.2, 0.25) is 6.41 Å². The van der Waals surface area contributed by atoms with E-state index in [1.807, 2.05) is 0 Å². The molecule has 1 N–H and O–H groups in total. The van der Waals surface area contributed by atoms with Gasteiger partial charge in [-0.1, -0.05) is 42.0 Å². The lowest BCUT2D eigenvalue weighted by Gasteiger charge is -2.13. The monoisotopic (exact) mass is 631 g/mol. The van der Waals surface area contributed by atoms with Gasteiger partial charge in [0.25, 0.3) is 11.8 Å². The molecule has 0 bridgehead atoms. The fourth-order valence-electron chi connectivity index (χ4n) is 3.28. The number of amides is 3. The summed E-state index contributed by atoms with van der Waals surface area (Å²) in [5.41, 5.74) is 4.38. The van der Waals surface area contributed by atoms with Crippen LogP contribution in [0.15, 0.2) is 60.7 Å². The molecule has 0 aliphatic rings. The Hall–Kier alpha value is -4.19. The minimum absolute atomic E-state index is 0.0138. The summed E-state index contributed by atoms with van der Waals surface area (Å²) in [6, 6.07) is 17.6. The minimum atomic E-state index is -0.529. The van der Waals surface area contributed by atoms with Gasteiger partial charge in [0, 0.05) is 41.9 Å². The van der Waals surface area contributed by atoms with Gasteiger partial charge in [-0.15, -0.1) is 0 Å². The third-order valence-corrected chi connectivity index (χ3v) is 5.93. The highest BCUT2D eigenvalue weighted by Gasteiger charge is 2.15. The highest BCUT2D eigenvalue weighted by atomic mass is 19.1. The molecule has 0 atom stereocenters. The quantitative estimate of drug-likeness (QED) is 0.189. The summed E-state index contributed by atoms with van der Waals surface area (Å²) in [7, 11) is 9.30. The van der Waals surface area contributed by atoms with Crippen molar-refractivity contribution in [2.75, 3.05) is 62.2 Å². The van der Waals surface area contributed by atoms with Crippen molar-refractivity contribution < 1.29 is 37.5 Å². The highest BCUT2D eigenvalue weighted by Crippen LogP contribution is 2.12. The van der Waals surface area contributed by atoms with Gasteiger partial charge in [-0.05, 0) is 68.1 Å². The Bertz CT molecular complexity index is 1300. The smallest absolute Gasteiger partial charge is 0.280 e. The second-order valence-corrected chi connectivity index (χ2v) is 9.94. The predicted octanol–water partition coefficient (Wildman–Crippen LogP) is 5.17. The Morgan fingerprint density at radius 1 is 0.733 bits per heavy atom. The lowest BCUT2D eigenvalue weighted by atomic mass is 10.1. The number of benzene rings is 3. The van der Waals surface area contributed by atoms with Gasteiger partial charge in [0.1, 0.15) is 11.6 Å². The maximum Gasteiger partial charge on any atom is 0.280 e.